The van der Waals surface area contributed by atoms with Crippen molar-refractivity contribution in [1.29, 1.82) is 5.26 Å². The number of nitrogen functional groups attached to an aromatic ring is 1. The second-order valence-electron chi connectivity index (χ2n) is 3.59. The minimum Gasteiger partial charge on any atom is -0.395 e. The largest absolute Gasteiger partial charge is 0.395 e. The summed E-state index contributed by atoms with van der Waals surface area (Å²) in [6.45, 7) is 0. The molecule has 102 valence electrons. The number of aromatic nitrogens is 1. The van der Waals surface area contributed by atoms with Crippen LogP contribution < -0.4 is 5.73 Å². The number of nitrogens with two attached hydrogens (primary N) is 1. The summed E-state index contributed by atoms with van der Waals surface area (Å²) in [7, 11) is 0. The van der Waals surface area contributed by atoms with E-state index in [9.17, 15) is 8.78 Å². The standard InChI is InChI=1S/C12H5BrF2IN3S/c13-7-10(16)11(18)8(14)9(15)12(7)20-6-1-2-19-5(3-6)4-17/h1-3H,18H2. The molecule has 0 aliphatic heterocycles. The Hall–Kier alpha value is -0.920. The Balaban J connectivity index is 2.52. The van der Waals surface area contributed by atoms with Crippen LogP contribution in [0.4, 0.5) is 14.5 Å². The number of benzene rings is 1. The summed E-state index contributed by atoms with van der Waals surface area (Å²) in [5.41, 5.74) is 5.45. The van der Waals surface area contributed by atoms with Gasteiger partial charge in [0.05, 0.1) is 18.6 Å². The van der Waals surface area contributed by atoms with E-state index in [2.05, 4.69) is 20.9 Å². The van der Waals surface area contributed by atoms with E-state index in [4.69, 9.17) is 11.0 Å². The smallest absolute Gasteiger partial charge is 0.184 e. The molecule has 0 aliphatic carbocycles. The molecule has 2 rings (SSSR count). The van der Waals surface area contributed by atoms with Crippen LogP contribution in [0.2, 0.25) is 0 Å². The molecule has 1 heterocycles. The van der Waals surface area contributed by atoms with Crippen LogP contribution in [0, 0.1) is 26.5 Å². The van der Waals surface area contributed by atoms with Crippen molar-refractivity contribution in [3.8, 4) is 6.07 Å². The third-order valence-corrected chi connectivity index (χ3v) is 6.32. The Morgan fingerprint density at radius 2 is 2.10 bits per heavy atom. The molecule has 1 aromatic heterocycles. The summed E-state index contributed by atoms with van der Waals surface area (Å²) >= 11 is 6.04. The third-order valence-electron chi connectivity index (χ3n) is 2.32. The quantitative estimate of drug-likeness (QED) is 0.405. The van der Waals surface area contributed by atoms with Crippen LogP contribution in [-0.4, -0.2) is 4.98 Å². The van der Waals surface area contributed by atoms with Gasteiger partial charge in [0, 0.05) is 11.1 Å². The van der Waals surface area contributed by atoms with E-state index in [-0.39, 0.29) is 16.3 Å². The first kappa shape index (κ1) is 15.5. The topological polar surface area (TPSA) is 62.7 Å². The van der Waals surface area contributed by atoms with Gasteiger partial charge in [0.25, 0.3) is 0 Å². The highest BCUT2D eigenvalue weighted by Crippen LogP contribution is 2.41. The van der Waals surface area contributed by atoms with E-state index in [0.717, 1.165) is 11.8 Å². The lowest BCUT2D eigenvalue weighted by molar-refractivity contribution is 0.492. The first-order valence-electron chi connectivity index (χ1n) is 5.11. The lowest BCUT2D eigenvalue weighted by Crippen LogP contribution is -2.01. The van der Waals surface area contributed by atoms with Gasteiger partial charge in [-0.3, -0.25) is 0 Å². The van der Waals surface area contributed by atoms with E-state index in [0.29, 0.717) is 12.9 Å². The molecule has 0 aliphatic rings. The highest BCUT2D eigenvalue weighted by molar-refractivity contribution is 14.1. The number of anilines is 1. The monoisotopic (exact) mass is 467 g/mol. The fraction of sp³-hybridized carbons (Fsp3) is 0. The van der Waals surface area contributed by atoms with Crippen LogP contribution in [0.25, 0.3) is 0 Å². The number of pyridine rings is 1. The van der Waals surface area contributed by atoms with Crippen LogP contribution in [0.1, 0.15) is 5.69 Å². The zero-order chi connectivity index (χ0) is 14.9. The van der Waals surface area contributed by atoms with Crippen molar-refractivity contribution in [3.63, 3.8) is 0 Å². The Morgan fingerprint density at radius 3 is 2.75 bits per heavy atom. The summed E-state index contributed by atoms with van der Waals surface area (Å²) < 4.78 is 28.4. The minimum absolute atomic E-state index is 0.0798. The fourth-order valence-electron chi connectivity index (χ4n) is 1.37. The predicted molar refractivity (Wildman–Crippen MR) is 84.3 cm³/mol. The highest BCUT2D eigenvalue weighted by Gasteiger charge is 2.21. The molecule has 0 radical (unpaired) electrons. The number of halogens is 4. The summed E-state index contributed by atoms with van der Waals surface area (Å²) in [5, 5.41) is 8.78. The molecule has 0 bridgehead atoms. The van der Waals surface area contributed by atoms with E-state index in [1.54, 1.807) is 6.07 Å². The summed E-state index contributed by atoms with van der Waals surface area (Å²) in [4.78, 5) is 4.48. The Morgan fingerprint density at radius 1 is 1.40 bits per heavy atom. The molecule has 20 heavy (non-hydrogen) atoms. The average Bonchev–Trinajstić information content (AvgIpc) is 2.48. The molecular weight excluding hydrogens is 463 g/mol. The molecule has 1 aromatic carbocycles. The number of nitrogens with zero attached hydrogens (tertiary/aromatic N) is 2. The predicted octanol–water partition coefficient (Wildman–Crippen LogP) is 4.33. The molecule has 0 saturated carbocycles. The van der Waals surface area contributed by atoms with Gasteiger partial charge in [0.1, 0.15) is 11.8 Å². The van der Waals surface area contributed by atoms with Crippen molar-refractivity contribution in [2.75, 3.05) is 5.73 Å². The van der Waals surface area contributed by atoms with Gasteiger partial charge < -0.3 is 5.73 Å². The zero-order valence-electron chi connectivity index (χ0n) is 9.62. The minimum atomic E-state index is -1.07. The Kier molecular flexibility index (Phi) is 4.82. The number of hydrogen-bond acceptors (Lipinski definition) is 4. The van der Waals surface area contributed by atoms with Crippen molar-refractivity contribution < 1.29 is 8.78 Å². The van der Waals surface area contributed by atoms with Gasteiger partial charge in [0.2, 0.25) is 0 Å². The molecule has 0 spiro atoms. The average molecular weight is 468 g/mol. The molecular formula is C12H5BrF2IN3S. The van der Waals surface area contributed by atoms with Crippen molar-refractivity contribution in [2.24, 2.45) is 0 Å². The zero-order valence-corrected chi connectivity index (χ0v) is 14.2. The van der Waals surface area contributed by atoms with Gasteiger partial charge >= 0.3 is 0 Å². The van der Waals surface area contributed by atoms with E-state index < -0.39 is 11.6 Å². The molecule has 0 fully saturated rings. The fourth-order valence-corrected chi connectivity index (χ4v) is 3.60. The van der Waals surface area contributed by atoms with Crippen molar-refractivity contribution in [3.05, 3.63) is 43.7 Å². The van der Waals surface area contributed by atoms with E-state index in [1.165, 1.54) is 12.3 Å². The molecule has 0 amide bonds. The van der Waals surface area contributed by atoms with Crippen molar-refractivity contribution >= 4 is 56.0 Å². The van der Waals surface area contributed by atoms with Gasteiger partial charge in [0.15, 0.2) is 11.6 Å². The van der Waals surface area contributed by atoms with Crippen molar-refractivity contribution in [1.82, 2.24) is 4.98 Å². The summed E-state index contributed by atoms with van der Waals surface area (Å²) in [6, 6.07) is 5.00. The Labute approximate surface area is 139 Å². The van der Waals surface area contributed by atoms with Crippen LogP contribution in [0.5, 0.6) is 0 Å². The molecule has 8 heteroatoms. The lowest BCUT2D eigenvalue weighted by atomic mass is 10.3. The van der Waals surface area contributed by atoms with Crippen LogP contribution in [-0.2, 0) is 0 Å². The van der Waals surface area contributed by atoms with E-state index in [1.807, 2.05) is 28.7 Å². The summed E-state index contributed by atoms with van der Waals surface area (Å²) in [5.74, 6) is -2.09. The number of nitriles is 1. The first-order valence-corrected chi connectivity index (χ1v) is 7.80. The van der Waals surface area contributed by atoms with E-state index >= 15 is 0 Å². The second kappa shape index (κ2) is 6.24. The highest BCUT2D eigenvalue weighted by atomic mass is 127. The normalized spacial score (nSPS) is 10.3. The lowest BCUT2D eigenvalue weighted by Gasteiger charge is -2.11. The van der Waals surface area contributed by atoms with Crippen LogP contribution in [0.3, 0.4) is 0 Å². The van der Waals surface area contributed by atoms with Gasteiger partial charge in [-0.05, 0) is 50.7 Å². The molecule has 3 nitrogen and oxygen atoms in total. The first-order chi connectivity index (χ1) is 9.45. The molecule has 2 aromatic rings. The van der Waals surface area contributed by atoms with Crippen LogP contribution in [0.15, 0.2) is 32.6 Å². The van der Waals surface area contributed by atoms with Gasteiger partial charge in [-0.15, -0.1) is 0 Å². The molecule has 2 N–H and O–H groups in total. The summed E-state index contributed by atoms with van der Waals surface area (Å²) in [6.07, 6.45) is 1.44. The maximum Gasteiger partial charge on any atom is 0.184 e. The second-order valence-corrected chi connectivity index (χ2v) is 6.54. The van der Waals surface area contributed by atoms with Crippen molar-refractivity contribution in [2.45, 2.75) is 9.79 Å². The maximum atomic E-state index is 14.0. The number of rotatable bonds is 2. The van der Waals surface area contributed by atoms with Gasteiger partial charge in [-0.2, -0.15) is 5.26 Å². The molecule has 0 unspecified atom stereocenters. The third kappa shape index (κ3) is 2.89. The van der Waals surface area contributed by atoms with Crippen LogP contribution >= 0.6 is 50.3 Å². The maximum absolute atomic E-state index is 14.0. The Bertz CT molecular complexity index is 704. The van der Waals surface area contributed by atoms with Gasteiger partial charge in [-0.1, -0.05) is 11.8 Å². The number of hydrogen-bond donors (Lipinski definition) is 1. The molecule has 0 atom stereocenters. The van der Waals surface area contributed by atoms with Gasteiger partial charge in [-0.25, -0.2) is 13.8 Å². The SMILES string of the molecule is N#Cc1cc(Sc2c(F)c(F)c(N)c(I)c2Br)ccn1. The molecule has 0 saturated heterocycles.